The smallest absolute Gasteiger partial charge is 0.324 e. The average molecular weight is 312 g/mol. The van der Waals surface area contributed by atoms with E-state index >= 15 is 0 Å². The molecule has 21 heavy (non-hydrogen) atoms. The number of aromatic nitrogens is 3. The summed E-state index contributed by atoms with van der Waals surface area (Å²) in [5, 5.41) is 0. The van der Waals surface area contributed by atoms with Crippen LogP contribution in [0, 0.1) is 0 Å². The summed E-state index contributed by atoms with van der Waals surface area (Å²) in [6, 6.07) is 0.424. The molecule has 0 aliphatic heterocycles. The largest absolute Gasteiger partial charge is 0.468 e. The van der Waals surface area contributed by atoms with Gasteiger partial charge in [-0.15, -0.1) is 0 Å². The topological polar surface area (TPSA) is 106 Å². The molecule has 0 radical (unpaired) electrons. The van der Waals surface area contributed by atoms with Gasteiger partial charge in [-0.3, -0.25) is 4.79 Å². The van der Waals surface area contributed by atoms with Crippen molar-refractivity contribution in [1.82, 2.24) is 19.3 Å². The Morgan fingerprint density at radius 2 is 2.33 bits per heavy atom. The standard InChI is InChI=1S/C12H16N4O4S/c1-16-4-3-10(7-16)21(18,19)15-11(12(17)20-2)5-9-6-13-8-14-9/h3-4,6-8,11,15H,5H2,1-2H3,(H,13,14)/t11-/m0/s1. The summed E-state index contributed by atoms with van der Waals surface area (Å²) in [7, 11) is -0.886. The van der Waals surface area contributed by atoms with Crippen LogP contribution in [0.15, 0.2) is 35.9 Å². The van der Waals surface area contributed by atoms with Crippen molar-refractivity contribution in [3.8, 4) is 0 Å². The molecule has 0 saturated heterocycles. The highest BCUT2D eigenvalue weighted by Crippen LogP contribution is 2.11. The normalized spacial score (nSPS) is 13.0. The number of nitrogens with one attached hydrogen (secondary N) is 2. The fourth-order valence-corrected chi connectivity index (χ4v) is 3.06. The molecule has 0 amide bonds. The molecule has 0 aromatic carbocycles. The number of H-pyrrole nitrogens is 1. The molecular weight excluding hydrogens is 296 g/mol. The molecule has 2 N–H and O–H groups in total. The first-order valence-electron chi connectivity index (χ1n) is 6.12. The second kappa shape index (κ2) is 6.10. The van der Waals surface area contributed by atoms with Crippen LogP contribution < -0.4 is 4.72 Å². The van der Waals surface area contributed by atoms with E-state index in [0.717, 1.165) is 0 Å². The molecule has 0 aliphatic carbocycles. The number of nitrogens with zero attached hydrogens (tertiary/aromatic N) is 2. The first-order chi connectivity index (χ1) is 9.92. The molecule has 2 rings (SSSR count). The van der Waals surface area contributed by atoms with Gasteiger partial charge in [0.05, 0.1) is 18.3 Å². The van der Waals surface area contributed by atoms with Crippen molar-refractivity contribution < 1.29 is 17.9 Å². The Bertz CT molecular complexity index is 705. The summed E-state index contributed by atoms with van der Waals surface area (Å²) in [5.41, 5.74) is 0.626. The van der Waals surface area contributed by atoms with Crippen molar-refractivity contribution in [2.24, 2.45) is 7.05 Å². The summed E-state index contributed by atoms with van der Waals surface area (Å²) in [5.74, 6) is -0.663. The van der Waals surface area contributed by atoms with Gasteiger partial charge in [0.15, 0.2) is 0 Å². The minimum Gasteiger partial charge on any atom is -0.468 e. The third kappa shape index (κ3) is 3.70. The number of esters is 1. The summed E-state index contributed by atoms with van der Waals surface area (Å²) in [6.45, 7) is 0. The number of ether oxygens (including phenoxy) is 1. The lowest BCUT2D eigenvalue weighted by Gasteiger charge is -2.15. The number of aryl methyl sites for hydroxylation is 1. The minimum atomic E-state index is -3.80. The highest BCUT2D eigenvalue weighted by atomic mass is 32.2. The molecule has 9 heteroatoms. The van der Waals surface area contributed by atoms with E-state index in [1.54, 1.807) is 17.8 Å². The molecule has 0 aliphatic rings. The molecule has 2 aromatic heterocycles. The van der Waals surface area contributed by atoms with Gasteiger partial charge in [0, 0.05) is 37.8 Å². The number of carbonyl (C=O) groups is 1. The van der Waals surface area contributed by atoms with Crippen molar-refractivity contribution in [2.45, 2.75) is 17.4 Å². The summed E-state index contributed by atoms with van der Waals surface area (Å²) in [6.07, 6.45) is 6.16. The number of rotatable bonds is 6. The molecule has 0 bridgehead atoms. The number of imidazole rings is 1. The zero-order valence-electron chi connectivity index (χ0n) is 11.6. The monoisotopic (exact) mass is 312 g/mol. The Morgan fingerprint density at radius 3 is 2.86 bits per heavy atom. The van der Waals surface area contributed by atoms with Gasteiger partial charge in [-0.05, 0) is 6.07 Å². The van der Waals surface area contributed by atoms with E-state index in [4.69, 9.17) is 0 Å². The fourth-order valence-electron chi connectivity index (χ4n) is 1.82. The second-order valence-corrected chi connectivity index (χ2v) is 6.20. The van der Waals surface area contributed by atoms with Crippen LogP contribution in [0.3, 0.4) is 0 Å². The Labute approximate surface area is 122 Å². The van der Waals surface area contributed by atoms with Crippen molar-refractivity contribution in [1.29, 1.82) is 0 Å². The third-order valence-electron chi connectivity index (χ3n) is 2.88. The molecule has 0 spiro atoms. The lowest BCUT2D eigenvalue weighted by atomic mass is 10.2. The number of hydrogen-bond donors (Lipinski definition) is 2. The van der Waals surface area contributed by atoms with Crippen LogP contribution in [0.25, 0.3) is 0 Å². The molecular formula is C12H16N4O4S. The molecule has 8 nitrogen and oxygen atoms in total. The number of aromatic amines is 1. The molecule has 1 atom stereocenters. The Morgan fingerprint density at radius 1 is 1.57 bits per heavy atom. The second-order valence-electron chi connectivity index (χ2n) is 4.49. The molecule has 0 fully saturated rings. The zero-order valence-corrected chi connectivity index (χ0v) is 12.4. The van der Waals surface area contributed by atoms with Gasteiger partial charge in [-0.25, -0.2) is 13.4 Å². The maximum atomic E-state index is 12.2. The van der Waals surface area contributed by atoms with Gasteiger partial charge >= 0.3 is 5.97 Å². The maximum Gasteiger partial charge on any atom is 0.324 e. The Hall–Kier alpha value is -2.13. The van der Waals surface area contributed by atoms with Crippen molar-refractivity contribution in [3.63, 3.8) is 0 Å². The van der Waals surface area contributed by atoms with E-state index < -0.39 is 22.0 Å². The van der Waals surface area contributed by atoms with E-state index in [1.807, 2.05) is 0 Å². The first kappa shape index (κ1) is 15.3. The molecule has 0 saturated carbocycles. The van der Waals surface area contributed by atoms with Crippen LogP contribution in [0.1, 0.15) is 5.69 Å². The highest BCUT2D eigenvalue weighted by Gasteiger charge is 2.27. The number of hydrogen-bond acceptors (Lipinski definition) is 5. The molecule has 0 unspecified atom stereocenters. The lowest BCUT2D eigenvalue weighted by molar-refractivity contribution is -0.142. The zero-order chi connectivity index (χ0) is 15.5. The fraction of sp³-hybridized carbons (Fsp3) is 0.333. The van der Waals surface area contributed by atoms with Crippen molar-refractivity contribution in [3.05, 3.63) is 36.7 Å². The minimum absolute atomic E-state index is 0.0866. The molecule has 114 valence electrons. The average Bonchev–Trinajstić information content (AvgIpc) is 3.08. The van der Waals surface area contributed by atoms with E-state index in [1.165, 1.54) is 31.9 Å². The summed E-state index contributed by atoms with van der Waals surface area (Å²) < 4.78 is 33.1. The van der Waals surface area contributed by atoms with Crippen LogP contribution in [-0.4, -0.2) is 42.1 Å². The first-order valence-corrected chi connectivity index (χ1v) is 7.60. The van der Waals surface area contributed by atoms with E-state index in [0.29, 0.717) is 5.69 Å². The highest BCUT2D eigenvalue weighted by molar-refractivity contribution is 7.89. The van der Waals surface area contributed by atoms with Crippen LogP contribution in [-0.2, 0) is 33.0 Å². The van der Waals surface area contributed by atoms with Crippen LogP contribution >= 0.6 is 0 Å². The number of carbonyl (C=O) groups excluding carboxylic acids is 1. The van der Waals surface area contributed by atoms with E-state index in [9.17, 15) is 13.2 Å². The lowest BCUT2D eigenvalue weighted by Crippen LogP contribution is -2.43. The maximum absolute atomic E-state index is 12.2. The van der Waals surface area contributed by atoms with Crippen LogP contribution in [0.4, 0.5) is 0 Å². The Kier molecular flexibility index (Phi) is 4.43. The van der Waals surface area contributed by atoms with Gasteiger partial charge in [-0.2, -0.15) is 4.72 Å². The quantitative estimate of drug-likeness (QED) is 0.719. The SMILES string of the molecule is COC(=O)[C@H](Cc1cnc[nH]1)NS(=O)(=O)c1ccn(C)c1. The number of sulfonamides is 1. The molecule has 2 aromatic rings. The predicted molar refractivity (Wildman–Crippen MR) is 73.8 cm³/mol. The van der Waals surface area contributed by atoms with Gasteiger partial charge in [-0.1, -0.05) is 0 Å². The van der Waals surface area contributed by atoms with E-state index in [-0.39, 0.29) is 11.3 Å². The van der Waals surface area contributed by atoms with Crippen LogP contribution in [0.2, 0.25) is 0 Å². The van der Waals surface area contributed by atoms with Gasteiger partial charge in [0.2, 0.25) is 10.0 Å². The molecule has 2 heterocycles. The Balaban J connectivity index is 2.20. The van der Waals surface area contributed by atoms with E-state index in [2.05, 4.69) is 19.4 Å². The van der Waals surface area contributed by atoms with Crippen LogP contribution in [0.5, 0.6) is 0 Å². The van der Waals surface area contributed by atoms with Crippen molar-refractivity contribution in [2.75, 3.05) is 7.11 Å². The van der Waals surface area contributed by atoms with Gasteiger partial charge in [0.25, 0.3) is 0 Å². The number of methoxy groups -OCH3 is 1. The third-order valence-corrected chi connectivity index (χ3v) is 4.33. The predicted octanol–water partition coefficient (Wildman–Crippen LogP) is -0.189. The van der Waals surface area contributed by atoms with Gasteiger partial charge in [0.1, 0.15) is 6.04 Å². The summed E-state index contributed by atoms with van der Waals surface area (Å²) in [4.78, 5) is 18.5. The van der Waals surface area contributed by atoms with Gasteiger partial charge < -0.3 is 14.3 Å². The summed E-state index contributed by atoms with van der Waals surface area (Å²) >= 11 is 0. The van der Waals surface area contributed by atoms with Crippen molar-refractivity contribution >= 4 is 16.0 Å².